The van der Waals surface area contributed by atoms with Crippen molar-refractivity contribution in [3.63, 3.8) is 0 Å². The number of carbonyl (C=O) groups is 2. The Morgan fingerprint density at radius 1 is 0.800 bits per heavy atom. The van der Waals surface area contributed by atoms with E-state index in [-0.39, 0.29) is 12.2 Å². The summed E-state index contributed by atoms with van der Waals surface area (Å²) in [5.41, 5.74) is 0. The molecule has 1 unspecified atom stereocenters. The number of unbranched alkanes of at least 4 members (excludes halogenated alkanes) is 2. The zero-order valence-electron chi connectivity index (χ0n) is 15.4. The van der Waals surface area contributed by atoms with E-state index < -0.39 is 18.6 Å². The molecule has 2 aliphatic rings. The molecule has 25 heavy (non-hydrogen) atoms. The van der Waals surface area contributed by atoms with Gasteiger partial charge in [0.05, 0.1) is 0 Å². The van der Waals surface area contributed by atoms with Crippen molar-refractivity contribution in [3.8, 4) is 0 Å². The lowest BCUT2D eigenvalue weighted by atomic mass is 9.98. The van der Waals surface area contributed by atoms with E-state index in [0.717, 1.165) is 70.6 Å². The molecule has 6 heteroatoms. The maximum atomic E-state index is 12.0. The third kappa shape index (κ3) is 7.97. The summed E-state index contributed by atoms with van der Waals surface area (Å²) in [6.07, 6.45) is 9.69. The van der Waals surface area contributed by atoms with Crippen LogP contribution in [-0.4, -0.2) is 30.8 Å². The molecule has 1 atom stereocenters. The minimum atomic E-state index is -0.934. The van der Waals surface area contributed by atoms with Crippen molar-refractivity contribution < 1.29 is 28.5 Å². The highest BCUT2D eigenvalue weighted by molar-refractivity contribution is 5.62. The summed E-state index contributed by atoms with van der Waals surface area (Å²) in [6, 6.07) is 0. The van der Waals surface area contributed by atoms with Crippen molar-refractivity contribution in [2.75, 3.05) is 0 Å². The third-order valence-electron chi connectivity index (χ3n) is 4.88. The Labute approximate surface area is 150 Å². The standard InChI is InChI=1S/C19H32O6/c1-2-3-5-14-17(25-19(21)23-16-12-8-9-13-16)24-18(20)22-15-10-6-4-7-11-15/h15-17H,2-14H2,1H3. The fraction of sp³-hybridized carbons (Fsp3) is 0.895. The van der Waals surface area contributed by atoms with E-state index in [1.807, 2.05) is 0 Å². The first kappa shape index (κ1) is 19.9. The number of carbonyl (C=O) groups excluding carboxylic acids is 2. The second-order valence-electron chi connectivity index (χ2n) is 7.06. The van der Waals surface area contributed by atoms with E-state index in [2.05, 4.69) is 6.92 Å². The fourth-order valence-electron chi connectivity index (χ4n) is 3.43. The van der Waals surface area contributed by atoms with Crippen LogP contribution in [0, 0.1) is 0 Å². The summed E-state index contributed by atoms with van der Waals surface area (Å²) in [5.74, 6) is 0. The summed E-state index contributed by atoms with van der Waals surface area (Å²) in [7, 11) is 0. The van der Waals surface area contributed by atoms with Gasteiger partial charge in [-0.2, -0.15) is 0 Å². The summed E-state index contributed by atoms with van der Waals surface area (Å²) < 4.78 is 21.1. The molecular formula is C19H32O6. The van der Waals surface area contributed by atoms with Crippen LogP contribution in [0.1, 0.15) is 90.4 Å². The SMILES string of the molecule is CCCCCC(OC(=O)OC1CCCCC1)OC(=O)OC1CCCC1. The topological polar surface area (TPSA) is 71.1 Å². The molecule has 0 bridgehead atoms. The average Bonchev–Trinajstić information content (AvgIpc) is 3.08. The summed E-state index contributed by atoms with van der Waals surface area (Å²) in [4.78, 5) is 23.9. The van der Waals surface area contributed by atoms with Crippen LogP contribution < -0.4 is 0 Å². The van der Waals surface area contributed by atoms with Crippen molar-refractivity contribution >= 4 is 12.3 Å². The molecular weight excluding hydrogens is 324 g/mol. The van der Waals surface area contributed by atoms with Gasteiger partial charge in [0.2, 0.25) is 0 Å². The Kier molecular flexibility index (Phi) is 8.91. The molecule has 0 aliphatic heterocycles. The van der Waals surface area contributed by atoms with Gasteiger partial charge in [-0.05, 0) is 57.8 Å². The molecule has 0 saturated heterocycles. The van der Waals surface area contributed by atoms with E-state index in [9.17, 15) is 9.59 Å². The molecule has 0 N–H and O–H groups in total. The third-order valence-corrected chi connectivity index (χ3v) is 4.88. The van der Waals surface area contributed by atoms with Gasteiger partial charge < -0.3 is 18.9 Å². The molecule has 0 aromatic rings. The lowest BCUT2D eigenvalue weighted by Gasteiger charge is -2.23. The highest BCUT2D eigenvalue weighted by Gasteiger charge is 2.26. The number of ether oxygens (including phenoxy) is 4. The Morgan fingerprint density at radius 3 is 1.76 bits per heavy atom. The predicted molar refractivity (Wildman–Crippen MR) is 92.2 cm³/mol. The maximum absolute atomic E-state index is 12.0. The molecule has 2 aliphatic carbocycles. The first-order chi connectivity index (χ1) is 12.2. The van der Waals surface area contributed by atoms with Crippen molar-refractivity contribution in [1.82, 2.24) is 0 Å². The smallest absolute Gasteiger partial charge is 0.431 e. The van der Waals surface area contributed by atoms with Crippen LogP contribution in [0.3, 0.4) is 0 Å². The van der Waals surface area contributed by atoms with Gasteiger partial charge >= 0.3 is 12.3 Å². The minimum Gasteiger partial charge on any atom is -0.431 e. The monoisotopic (exact) mass is 356 g/mol. The van der Waals surface area contributed by atoms with Crippen LogP contribution in [0.2, 0.25) is 0 Å². The van der Waals surface area contributed by atoms with Crippen molar-refractivity contribution in [1.29, 1.82) is 0 Å². The lowest BCUT2D eigenvalue weighted by Crippen LogP contribution is -2.29. The largest absolute Gasteiger partial charge is 0.511 e. The minimum absolute atomic E-state index is 0.0713. The van der Waals surface area contributed by atoms with E-state index >= 15 is 0 Å². The Hall–Kier alpha value is -1.46. The summed E-state index contributed by atoms with van der Waals surface area (Å²) >= 11 is 0. The van der Waals surface area contributed by atoms with Gasteiger partial charge in [0.15, 0.2) is 0 Å². The molecule has 6 nitrogen and oxygen atoms in total. The molecule has 144 valence electrons. The van der Waals surface area contributed by atoms with Crippen LogP contribution in [0.15, 0.2) is 0 Å². The van der Waals surface area contributed by atoms with Gasteiger partial charge in [-0.15, -0.1) is 0 Å². The van der Waals surface area contributed by atoms with E-state index in [1.54, 1.807) is 0 Å². The second kappa shape index (κ2) is 11.2. The first-order valence-electron chi connectivity index (χ1n) is 9.92. The van der Waals surface area contributed by atoms with Gasteiger partial charge in [-0.3, -0.25) is 0 Å². The Bertz CT molecular complexity index is 399. The molecule has 0 amide bonds. The molecule has 2 saturated carbocycles. The summed E-state index contributed by atoms with van der Waals surface area (Å²) in [6.45, 7) is 2.09. The molecule has 0 spiro atoms. The summed E-state index contributed by atoms with van der Waals surface area (Å²) in [5, 5.41) is 0. The van der Waals surface area contributed by atoms with E-state index in [1.165, 1.54) is 6.42 Å². The number of hydrogen-bond donors (Lipinski definition) is 0. The fourth-order valence-corrected chi connectivity index (χ4v) is 3.43. The van der Waals surface area contributed by atoms with Crippen LogP contribution in [0.4, 0.5) is 9.59 Å². The Balaban J connectivity index is 1.76. The van der Waals surface area contributed by atoms with Crippen LogP contribution in [0.5, 0.6) is 0 Å². The number of rotatable bonds is 8. The lowest BCUT2D eigenvalue weighted by molar-refractivity contribution is -0.119. The van der Waals surface area contributed by atoms with Gasteiger partial charge in [0.25, 0.3) is 6.29 Å². The quantitative estimate of drug-likeness (QED) is 0.326. The van der Waals surface area contributed by atoms with E-state index in [4.69, 9.17) is 18.9 Å². The molecule has 0 aromatic heterocycles. The highest BCUT2D eigenvalue weighted by atomic mass is 16.8. The van der Waals surface area contributed by atoms with Crippen LogP contribution in [-0.2, 0) is 18.9 Å². The molecule has 0 aromatic carbocycles. The van der Waals surface area contributed by atoms with Crippen molar-refractivity contribution in [2.45, 2.75) is 109 Å². The molecule has 0 radical (unpaired) electrons. The normalized spacial score (nSPS) is 20.0. The predicted octanol–water partition coefficient (Wildman–Crippen LogP) is 5.47. The second-order valence-corrected chi connectivity index (χ2v) is 7.06. The van der Waals surface area contributed by atoms with Crippen molar-refractivity contribution in [2.24, 2.45) is 0 Å². The zero-order valence-corrected chi connectivity index (χ0v) is 15.4. The maximum Gasteiger partial charge on any atom is 0.511 e. The van der Waals surface area contributed by atoms with Gasteiger partial charge in [0.1, 0.15) is 12.2 Å². The van der Waals surface area contributed by atoms with E-state index in [0.29, 0.717) is 6.42 Å². The average molecular weight is 356 g/mol. The van der Waals surface area contributed by atoms with Gasteiger partial charge in [-0.1, -0.05) is 26.2 Å². The van der Waals surface area contributed by atoms with Crippen LogP contribution in [0.25, 0.3) is 0 Å². The van der Waals surface area contributed by atoms with Gasteiger partial charge in [-0.25, -0.2) is 9.59 Å². The first-order valence-corrected chi connectivity index (χ1v) is 9.92. The molecule has 0 heterocycles. The highest BCUT2D eigenvalue weighted by Crippen LogP contribution is 2.23. The molecule has 2 rings (SSSR count). The number of hydrogen-bond acceptors (Lipinski definition) is 6. The van der Waals surface area contributed by atoms with Gasteiger partial charge in [0, 0.05) is 6.42 Å². The van der Waals surface area contributed by atoms with Crippen molar-refractivity contribution in [3.05, 3.63) is 0 Å². The zero-order chi connectivity index (χ0) is 17.9. The molecule has 2 fully saturated rings. The Morgan fingerprint density at radius 2 is 1.28 bits per heavy atom. The van der Waals surface area contributed by atoms with Crippen LogP contribution >= 0.6 is 0 Å².